The summed E-state index contributed by atoms with van der Waals surface area (Å²) in [6.45, 7) is 5.60. The quantitative estimate of drug-likeness (QED) is 0.136. The Labute approximate surface area is 292 Å². The van der Waals surface area contributed by atoms with E-state index in [9.17, 15) is 40.5 Å². The van der Waals surface area contributed by atoms with E-state index in [0.717, 1.165) is 37.7 Å². The van der Waals surface area contributed by atoms with E-state index in [4.69, 9.17) is 28.4 Å². The molecule has 0 radical (unpaired) electrons. The molecular formula is C36H56O14. The van der Waals surface area contributed by atoms with Gasteiger partial charge in [0.1, 0.15) is 49.3 Å². The van der Waals surface area contributed by atoms with Crippen molar-refractivity contribution in [2.45, 2.75) is 151 Å². The minimum absolute atomic E-state index is 0.0104. The third-order valence-corrected chi connectivity index (χ3v) is 14.5. The van der Waals surface area contributed by atoms with Crippen LogP contribution in [0.1, 0.15) is 72.1 Å². The van der Waals surface area contributed by atoms with Gasteiger partial charge in [0.25, 0.3) is 0 Å². The number of aliphatic hydroxyl groups is 7. The summed E-state index contributed by atoms with van der Waals surface area (Å²) in [5, 5.41) is 77.9. The number of rotatable bonds is 7. The second kappa shape index (κ2) is 13.5. The molecule has 14 heteroatoms. The molecule has 0 amide bonds. The van der Waals surface area contributed by atoms with Crippen molar-refractivity contribution < 1.29 is 69.0 Å². The lowest BCUT2D eigenvalue weighted by atomic mass is 9.42. The highest BCUT2D eigenvalue weighted by molar-refractivity contribution is 5.85. The van der Waals surface area contributed by atoms with E-state index >= 15 is 0 Å². The molecule has 50 heavy (non-hydrogen) atoms. The largest absolute Gasteiger partial charge is 0.458 e. The normalized spacial score (nSPS) is 55.1. The summed E-state index contributed by atoms with van der Waals surface area (Å²) in [5.74, 6) is -0.0371. The molecule has 3 aliphatic heterocycles. The maximum Gasteiger partial charge on any atom is 0.331 e. The van der Waals surface area contributed by atoms with Gasteiger partial charge in [0.05, 0.1) is 30.5 Å². The van der Waals surface area contributed by atoms with Gasteiger partial charge in [0.2, 0.25) is 0 Å². The summed E-state index contributed by atoms with van der Waals surface area (Å²) in [6, 6.07) is 0. The molecule has 0 aromatic heterocycles. The molecule has 3 heterocycles. The third-order valence-electron chi connectivity index (χ3n) is 14.5. The number of hydrogen-bond acceptors (Lipinski definition) is 14. The molecular weight excluding hydrogens is 656 g/mol. The van der Waals surface area contributed by atoms with Crippen molar-refractivity contribution in [2.75, 3.05) is 20.3 Å². The first kappa shape index (κ1) is 37.1. The number of fused-ring (bicyclic) bond motifs is 5. The van der Waals surface area contributed by atoms with Crippen molar-refractivity contribution in [1.29, 1.82) is 0 Å². The van der Waals surface area contributed by atoms with E-state index in [2.05, 4.69) is 13.8 Å². The van der Waals surface area contributed by atoms with Crippen LogP contribution in [0.2, 0.25) is 0 Å². The second-order valence-electron chi connectivity index (χ2n) is 16.6. The summed E-state index contributed by atoms with van der Waals surface area (Å²) >= 11 is 0. The monoisotopic (exact) mass is 712 g/mol. The van der Waals surface area contributed by atoms with Gasteiger partial charge in [-0.3, -0.25) is 0 Å². The molecule has 0 spiro atoms. The first-order valence-corrected chi connectivity index (χ1v) is 18.4. The average molecular weight is 713 g/mol. The number of aliphatic hydroxyl groups excluding tert-OH is 6. The lowest BCUT2D eigenvalue weighted by molar-refractivity contribution is -0.363. The van der Waals surface area contributed by atoms with Gasteiger partial charge in [0.15, 0.2) is 12.6 Å². The Kier molecular flexibility index (Phi) is 10.0. The van der Waals surface area contributed by atoms with Crippen LogP contribution in [-0.2, 0) is 33.2 Å². The first-order chi connectivity index (χ1) is 23.7. The van der Waals surface area contributed by atoms with Crippen molar-refractivity contribution in [3.8, 4) is 0 Å². The Morgan fingerprint density at radius 3 is 2.28 bits per heavy atom. The van der Waals surface area contributed by atoms with Crippen LogP contribution >= 0.6 is 0 Å². The highest BCUT2D eigenvalue weighted by Crippen LogP contribution is 2.70. The summed E-state index contributed by atoms with van der Waals surface area (Å²) in [6.07, 6.45) is -6.71. The fourth-order valence-electron chi connectivity index (χ4n) is 11.6. The van der Waals surface area contributed by atoms with Crippen molar-refractivity contribution in [3.63, 3.8) is 0 Å². The van der Waals surface area contributed by atoms with Gasteiger partial charge in [0, 0.05) is 25.0 Å². The summed E-state index contributed by atoms with van der Waals surface area (Å²) in [5.41, 5.74) is -0.775. The minimum atomic E-state index is -1.59. The maximum absolute atomic E-state index is 12.5. The highest BCUT2D eigenvalue weighted by Gasteiger charge is 2.69. The zero-order valence-electron chi connectivity index (χ0n) is 29.4. The van der Waals surface area contributed by atoms with Crippen LogP contribution in [0, 0.1) is 34.5 Å². The molecule has 0 aromatic rings. The molecule has 19 atom stereocenters. The fraction of sp³-hybridized carbons (Fsp3) is 0.917. The fourth-order valence-corrected chi connectivity index (χ4v) is 11.6. The molecule has 6 fully saturated rings. The SMILES string of the molecule is CO[C@@H]1[C@H](O)[C@H](O[C@H]2[C@@H](O)[C@@H](O)[C@H](O[C@@H]3C[C@H]4CC[C@@H]5[C@H](CC[C@]6(C)[C@@H](C7=CC(=O)OC7)CC[C@]56O)[C@@]4(C)[C@H](O)C3)O[C@H]2CO)O[C@@H](C)[C@@H]1O. The standard InChI is InChI=1S/C36H56O14/c1-16-26(40)31(45-4)29(43)33(47-16)50-30-23(14-37)49-32(28(42)27(30)41)48-19-12-18-5-6-22-21(35(18,3)24(38)13-19)7-9-34(2)20(8-10-36(22,34)44)17-11-25(39)46-15-17/h11,16,18-24,26-33,37-38,40-44H,5-10,12-15H2,1-4H3/t16-,18+,19+,20+,21-,22+,23-,24+,26-,27-,28+,29-,30+,31-,32+,33-,34+,35-,36-/m0/s1. The van der Waals surface area contributed by atoms with Crippen LogP contribution in [0.3, 0.4) is 0 Å². The molecule has 7 rings (SSSR count). The molecule has 2 saturated heterocycles. The molecule has 14 nitrogen and oxygen atoms in total. The van der Waals surface area contributed by atoms with E-state index in [1.54, 1.807) is 13.0 Å². The molecule has 7 N–H and O–H groups in total. The smallest absolute Gasteiger partial charge is 0.331 e. The first-order valence-electron chi connectivity index (χ1n) is 18.4. The van der Waals surface area contributed by atoms with Crippen LogP contribution < -0.4 is 0 Å². The van der Waals surface area contributed by atoms with E-state index in [1.807, 2.05) is 0 Å². The van der Waals surface area contributed by atoms with Gasteiger partial charge in [-0.1, -0.05) is 13.8 Å². The van der Waals surface area contributed by atoms with Gasteiger partial charge in [-0.25, -0.2) is 4.79 Å². The number of methoxy groups -OCH3 is 1. The van der Waals surface area contributed by atoms with Gasteiger partial charge >= 0.3 is 5.97 Å². The number of carbonyl (C=O) groups excluding carboxylic acids is 1. The van der Waals surface area contributed by atoms with Crippen molar-refractivity contribution in [3.05, 3.63) is 11.6 Å². The summed E-state index contributed by atoms with van der Waals surface area (Å²) in [7, 11) is 1.33. The van der Waals surface area contributed by atoms with Crippen LogP contribution in [0.4, 0.5) is 0 Å². The molecule has 284 valence electrons. The molecule has 7 aliphatic rings. The predicted octanol–water partition coefficient (Wildman–Crippen LogP) is -0.0948. The number of ether oxygens (including phenoxy) is 6. The number of esters is 1. The van der Waals surface area contributed by atoms with Gasteiger partial charge in [-0.15, -0.1) is 0 Å². The van der Waals surface area contributed by atoms with Crippen molar-refractivity contribution in [2.24, 2.45) is 34.5 Å². The Morgan fingerprint density at radius 2 is 1.60 bits per heavy atom. The van der Waals surface area contributed by atoms with Crippen LogP contribution in [0.15, 0.2) is 11.6 Å². The topological polar surface area (TPSA) is 214 Å². The zero-order chi connectivity index (χ0) is 35.9. The van der Waals surface area contributed by atoms with E-state index in [-0.39, 0.29) is 41.5 Å². The van der Waals surface area contributed by atoms with Gasteiger partial charge < -0.3 is 64.2 Å². The van der Waals surface area contributed by atoms with Crippen LogP contribution in [-0.4, -0.2) is 141 Å². The zero-order valence-corrected chi connectivity index (χ0v) is 29.4. The maximum atomic E-state index is 12.5. The average Bonchev–Trinajstić information content (AvgIpc) is 3.63. The lowest BCUT2D eigenvalue weighted by Gasteiger charge is -2.64. The molecule has 0 unspecified atom stereocenters. The van der Waals surface area contributed by atoms with E-state index in [0.29, 0.717) is 19.4 Å². The van der Waals surface area contributed by atoms with E-state index < -0.39 is 91.2 Å². The number of carbonyl (C=O) groups is 1. The Balaban J connectivity index is 1.01. The highest BCUT2D eigenvalue weighted by atomic mass is 16.7. The Morgan fingerprint density at radius 1 is 0.860 bits per heavy atom. The summed E-state index contributed by atoms with van der Waals surface area (Å²) in [4.78, 5) is 11.9. The number of hydrogen-bond donors (Lipinski definition) is 7. The van der Waals surface area contributed by atoms with Crippen molar-refractivity contribution in [1.82, 2.24) is 0 Å². The van der Waals surface area contributed by atoms with Gasteiger partial charge in [-0.05, 0) is 86.5 Å². The predicted molar refractivity (Wildman–Crippen MR) is 172 cm³/mol. The van der Waals surface area contributed by atoms with Crippen LogP contribution in [0.25, 0.3) is 0 Å². The third kappa shape index (κ3) is 5.63. The van der Waals surface area contributed by atoms with Crippen LogP contribution in [0.5, 0.6) is 0 Å². The van der Waals surface area contributed by atoms with Gasteiger partial charge in [-0.2, -0.15) is 0 Å². The Hall–Kier alpha value is -1.27. The second-order valence-corrected chi connectivity index (χ2v) is 16.6. The molecule has 4 aliphatic carbocycles. The summed E-state index contributed by atoms with van der Waals surface area (Å²) < 4.78 is 34.2. The Bertz CT molecular complexity index is 1300. The lowest BCUT2D eigenvalue weighted by Crippen LogP contribution is -2.66. The molecule has 4 saturated carbocycles. The minimum Gasteiger partial charge on any atom is -0.458 e. The number of cyclic esters (lactones) is 1. The van der Waals surface area contributed by atoms with Crippen molar-refractivity contribution >= 4 is 5.97 Å². The van der Waals surface area contributed by atoms with E-state index in [1.165, 1.54) is 7.11 Å². The molecule has 0 aromatic carbocycles. The molecule has 0 bridgehead atoms.